The second kappa shape index (κ2) is 9.04. The van der Waals surface area contributed by atoms with Gasteiger partial charge in [0.25, 0.3) is 5.91 Å². The van der Waals surface area contributed by atoms with Gasteiger partial charge < -0.3 is 15.4 Å². The van der Waals surface area contributed by atoms with Gasteiger partial charge >= 0.3 is 0 Å². The van der Waals surface area contributed by atoms with Crippen molar-refractivity contribution in [2.75, 3.05) is 7.11 Å². The highest BCUT2D eigenvalue weighted by atomic mass is 16.5. The molecule has 0 saturated carbocycles. The number of aryl methyl sites for hydroxylation is 1. The van der Waals surface area contributed by atoms with E-state index in [9.17, 15) is 9.59 Å². The van der Waals surface area contributed by atoms with E-state index in [-0.39, 0.29) is 17.7 Å². The number of rotatable bonds is 7. The molecule has 1 unspecified atom stereocenters. The van der Waals surface area contributed by atoms with Crippen LogP contribution in [0.5, 0.6) is 5.75 Å². The maximum atomic E-state index is 12.6. The summed E-state index contributed by atoms with van der Waals surface area (Å²) in [5.41, 5.74) is 2.66. The van der Waals surface area contributed by atoms with Gasteiger partial charge in [-0.25, -0.2) is 0 Å². The molecule has 26 heavy (non-hydrogen) atoms. The van der Waals surface area contributed by atoms with Gasteiger partial charge in [0.05, 0.1) is 7.11 Å². The van der Waals surface area contributed by atoms with Crippen LogP contribution < -0.4 is 15.4 Å². The summed E-state index contributed by atoms with van der Waals surface area (Å²) >= 11 is 0. The van der Waals surface area contributed by atoms with Gasteiger partial charge in [0.15, 0.2) is 0 Å². The normalized spacial score (nSPS) is 11.7. The SMILES string of the molecule is COc1ccc(C(=O)NC(C(=O)NCc2cccc(C)c2)C(C)C)cc1. The first-order valence-corrected chi connectivity index (χ1v) is 8.69. The van der Waals surface area contributed by atoms with Crippen LogP contribution in [0.4, 0.5) is 0 Å². The molecular formula is C21H26N2O3. The molecule has 0 aliphatic carbocycles. The van der Waals surface area contributed by atoms with Crippen LogP contribution >= 0.6 is 0 Å². The number of methoxy groups -OCH3 is 1. The third kappa shape index (κ3) is 5.34. The predicted octanol–water partition coefficient (Wildman–Crippen LogP) is 3.07. The molecule has 0 saturated heterocycles. The van der Waals surface area contributed by atoms with Crippen molar-refractivity contribution in [1.29, 1.82) is 0 Å². The zero-order valence-corrected chi connectivity index (χ0v) is 15.7. The average Bonchev–Trinajstić information content (AvgIpc) is 2.64. The first-order chi connectivity index (χ1) is 12.4. The molecule has 2 amide bonds. The molecule has 5 nitrogen and oxygen atoms in total. The van der Waals surface area contributed by atoms with E-state index < -0.39 is 6.04 Å². The molecule has 0 aromatic heterocycles. The number of carbonyl (C=O) groups is 2. The van der Waals surface area contributed by atoms with Crippen LogP contribution in [0.3, 0.4) is 0 Å². The first kappa shape index (κ1) is 19.5. The lowest BCUT2D eigenvalue weighted by Crippen LogP contribution is -2.49. The van der Waals surface area contributed by atoms with E-state index in [0.717, 1.165) is 11.1 Å². The fraction of sp³-hybridized carbons (Fsp3) is 0.333. The summed E-state index contributed by atoms with van der Waals surface area (Å²) in [5.74, 6) is 0.174. The van der Waals surface area contributed by atoms with E-state index in [1.165, 1.54) is 0 Å². The lowest BCUT2D eigenvalue weighted by Gasteiger charge is -2.22. The number of hydrogen-bond acceptors (Lipinski definition) is 3. The molecule has 0 fully saturated rings. The number of hydrogen-bond donors (Lipinski definition) is 2. The Morgan fingerprint density at radius 1 is 1.08 bits per heavy atom. The summed E-state index contributed by atoms with van der Waals surface area (Å²) in [6, 6.07) is 14.2. The Morgan fingerprint density at radius 2 is 1.77 bits per heavy atom. The fourth-order valence-electron chi connectivity index (χ4n) is 2.62. The molecule has 5 heteroatoms. The number of amides is 2. The molecule has 2 rings (SSSR count). The largest absolute Gasteiger partial charge is 0.497 e. The van der Waals surface area contributed by atoms with Gasteiger partial charge in [-0.1, -0.05) is 43.7 Å². The highest BCUT2D eigenvalue weighted by Gasteiger charge is 2.24. The van der Waals surface area contributed by atoms with E-state index in [0.29, 0.717) is 17.9 Å². The van der Waals surface area contributed by atoms with Crippen LogP contribution in [0.15, 0.2) is 48.5 Å². The van der Waals surface area contributed by atoms with Gasteiger partial charge in [-0.05, 0) is 42.7 Å². The number of ether oxygens (including phenoxy) is 1. The van der Waals surface area contributed by atoms with Crippen molar-refractivity contribution in [2.24, 2.45) is 5.92 Å². The zero-order valence-electron chi connectivity index (χ0n) is 15.7. The summed E-state index contributed by atoms with van der Waals surface area (Å²) < 4.78 is 5.09. The zero-order chi connectivity index (χ0) is 19.1. The molecule has 0 spiro atoms. The second-order valence-electron chi connectivity index (χ2n) is 6.63. The van der Waals surface area contributed by atoms with Crippen LogP contribution in [0.25, 0.3) is 0 Å². The van der Waals surface area contributed by atoms with E-state index in [1.807, 2.05) is 45.0 Å². The summed E-state index contributed by atoms with van der Waals surface area (Å²) in [5, 5.41) is 5.73. The predicted molar refractivity (Wildman–Crippen MR) is 102 cm³/mol. The van der Waals surface area contributed by atoms with E-state index >= 15 is 0 Å². The quantitative estimate of drug-likeness (QED) is 0.803. The highest BCUT2D eigenvalue weighted by Crippen LogP contribution is 2.12. The Hall–Kier alpha value is -2.82. The molecular weight excluding hydrogens is 328 g/mol. The van der Waals surface area contributed by atoms with Gasteiger partial charge in [0.1, 0.15) is 11.8 Å². The van der Waals surface area contributed by atoms with E-state index in [4.69, 9.17) is 4.74 Å². The minimum absolute atomic E-state index is 0.0327. The third-order valence-electron chi connectivity index (χ3n) is 4.14. The van der Waals surface area contributed by atoms with Crippen molar-refractivity contribution in [3.05, 3.63) is 65.2 Å². The van der Waals surface area contributed by atoms with E-state index in [1.54, 1.807) is 31.4 Å². The van der Waals surface area contributed by atoms with Crippen LogP contribution in [0.2, 0.25) is 0 Å². The molecule has 2 aromatic carbocycles. The van der Waals surface area contributed by atoms with Crippen molar-refractivity contribution in [3.63, 3.8) is 0 Å². The van der Waals surface area contributed by atoms with Gasteiger partial charge in [0.2, 0.25) is 5.91 Å². The second-order valence-corrected chi connectivity index (χ2v) is 6.63. The summed E-state index contributed by atoms with van der Waals surface area (Å²) in [6.07, 6.45) is 0. The maximum Gasteiger partial charge on any atom is 0.251 e. The Balaban J connectivity index is 2.00. The lowest BCUT2D eigenvalue weighted by atomic mass is 10.0. The van der Waals surface area contributed by atoms with Gasteiger partial charge in [-0.2, -0.15) is 0 Å². The first-order valence-electron chi connectivity index (χ1n) is 8.69. The molecule has 1 atom stereocenters. The highest BCUT2D eigenvalue weighted by molar-refractivity contribution is 5.97. The Labute approximate surface area is 154 Å². The minimum atomic E-state index is -0.602. The van der Waals surface area contributed by atoms with Crippen molar-refractivity contribution in [3.8, 4) is 5.75 Å². The van der Waals surface area contributed by atoms with Gasteiger partial charge in [-0.15, -0.1) is 0 Å². The van der Waals surface area contributed by atoms with Crippen LogP contribution in [0, 0.1) is 12.8 Å². The molecule has 0 bridgehead atoms. The van der Waals surface area contributed by atoms with Crippen molar-refractivity contribution >= 4 is 11.8 Å². The van der Waals surface area contributed by atoms with Crippen LogP contribution in [0.1, 0.15) is 35.3 Å². The molecule has 0 aliphatic heterocycles. The fourth-order valence-corrected chi connectivity index (χ4v) is 2.62. The minimum Gasteiger partial charge on any atom is -0.497 e. The molecule has 138 valence electrons. The Bertz CT molecular complexity index is 754. The Morgan fingerprint density at radius 3 is 2.35 bits per heavy atom. The van der Waals surface area contributed by atoms with Crippen molar-refractivity contribution < 1.29 is 14.3 Å². The molecule has 0 radical (unpaired) electrons. The lowest BCUT2D eigenvalue weighted by molar-refractivity contribution is -0.124. The van der Waals surface area contributed by atoms with Crippen LogP contribution in [-0.4, -0.2) is 25.0 Å². The van der Waals surface area contributed by atoms with E-state index in [2.05, 4.69) is 10.6 Å². The number of carbonyl (C=O) groups excluding carboxylic acids is 2. The standard InChI is InChI=1S/C21H26N2O3/c1-14(2)19(21(25)22-13-16-7-5-6-15(3)12-16)23-20(24)17-8-10-18(26-4)11-9-17/h5-12,14,19H,13H2,1-4H3,(H,22,25)(H,23,24). The molecule has 2 aromatic rings. The Kier molecular flexibility index (Phi) is 6.78. The monoisotopic (exact) mass is 354 g/mol. The summed E-state index contributed by atoms with van der Waals surface area (Å²) in [7, 11) is 1.57. The maximum absolute atomic E-state index is 12.6. The third-order valence-corrected chi connectivity index (χ3v) is 4.14. The number of nitrogens with one attached hydrogen (secondary N) is 2. The topological polar surface area (TPSA) is 67.4 Å². The van der Waals surface area contributed by atoms with Crippen LogP contribution in [-0.2, 0) is 11.3 Å². The van der Waals surface area contributed by atoms with Crippen molar-refractivity contribution in [1.82, 2.24) is 10.6 Å². The average molecular weight is 354 g/mol. The smallest absolute Gasteiger partial charge is 0.251 e. The summed E-state index contributed by atoms with van der Waals surface area (Å²) in [6.45, 7) is 6.26. The molecule has 0 heterocycles. The van der Waals surface area contributed by atoms with Crippen molar-refractivity contribution in [2.45, 2.75) is 33.4 Å². The van der Waals surface area contributed by atoms with Gasteiger partial charge in [-0.3, -0.25) is 9.59 Å². The number of benzene rings is 2. The summed E-state index contributed by atoms with van der Waals surface area (Å²) in [4.78, 5) is 25.0. The molecule has 2 N–H and O–H groups in total. The van der Waals surface area contributed by atoms with Gasteiger partial charge in [0, 0.05) is 12.1 Å². The molecule has 0 aliphatic rings.